The Morgan fingerprint density at radius 3 is 2.69 bits per heavy atom. The van der Waals surface area contributed by atoms with Gasteiger partial charge in [-0.05, 0) is 18.1 Å². The van der Waals surface area contributed by atoms with Gasteiger partial charge in [0.05, 0.1) is 5.56 Å². The van der Waals surface area contributed by atoms with Crippen molar-refractivity contribution in [2.75, 3.05) is 18.0 Å². The molecule has 9 heteroatoms. The number of fused-ring (bicyclic) bond motifs is 1. The van der Waals surface area contributed by atoms with Crippen molar-refractivity contribution in [1.82, 2.24) is 19.6 Å². The van der Waals surface area contributed by atoms with Crippen LogP contribution in [0, 0.1) is 6.92 Å². The van der Waals surface area contributed by atoms with Gasteiger partial charge in [0.1, 0.15) is 23.8 Å². The molecule has 0 saturated carbocycles. The zero-order chi connectivity index (χ0) is 18.9. The molecular formula is C17H15ClF3N5. The van der Waals surface area contributed by atoms with Crippen molar-refractivity contribution in [3.63, 3.8) is 0 Å². The first kappa shape index (κ1) is 18.2. The van der Waals surface area contributed by atoms with E-state index in [1.165, 1.54) is 16.9 Å². The van der Waals surface area contributed by atoms with Crippen molar-refractivity contribution in [3.8, 4) is 11.1 Å². The van der Waals surface area contributed by atoms with E-state index in [1.807, 2.05) is 19.1 Å². The third kappa shape index (κ3) is 3.50. The van der Waals surface area contributed by atoms with Gasteiger partial charge in [0.25, 0.3) is 5.78 Å². The highest BCUT2D eigenvalue weighted by Gasteiger charge is 2.33. The van der Waals surface area contributed by atoms with E-state index in [4.69, 9.17) is 11.6 Å². The lowest BCUT2D eigenvalue weighted by Gasteiger charge is -2.27. The van der Waals surface area contributed by atoms with Gasteiger partial charge in [0.15, 0.2) is 0 Å². The fraction of sp³-hybridized carbons (Fsp3) is 0.235. The zero-order valence-electron chi connectivity index (χ0n) is 13.8. The highest BCUT2D eigenvalue weighted by atomic mass is 35.5. The molecule has 2 aromatic heterocycles. The summed E-state index contributed by atoms with van der Waals surface area (Å²) in [5, 5.41) is 4.11. The Kier molecular flexibility index (Phi) is 4.86. The molecule has 3 aromatic rings. The number of rotatable bonds is 5. The van der Waals surface area contributed by atoms with E-state index < -0.39 is 12.7 Å². The summed E-state index contributed by atoms with van der Waals surface area (Å²) in [4.78, 5) is 9.25. The Hall–Kier alpha value is -2.61. The number of hydrogen-bond acceptors (Lipinski definition) is 4. The molecule has 0 N–H and O–H groups in total. The number of benzene rings is 1. The third-order valence-corrected chi connectivity index (χ3v) is 4.07. The van der Waals surface area contributed by atoms with E-state index in [0.717, 1.165) is 10.5 Å². The topological polar surface area (TPSA) is 46.3 Å². The van der Waals surface area contributed by atoms with Crippen LogP contribution in [0.2, 0.25) is 5.15 Å². The first-order chi connectivity index (χ1) is 12.3. The molecule has 0 aliphatic heterocycles. The molecule has 0 radical (unpaired) electrons. The molecule has 2 heterocycles. The molecule has 0 spiro atoms. The highest BCUT2D eigenvalue weighted by molar-refractivity contribution is 6.33. The zero-order valence-corrected chi connectivity index (χ0v) is 14.6. The van der Waals surface area contributed by atoms with Crippen LogP contribution in [0.15, 0.2) is 43.2 Å². The second kappa shape index (κ2) is 6.95. The molecule has 26 heavy (non-hydrogen) atoms. The minimum Gasteiger partial charge on any atom is -0.343 e. The molecule has 0 aliphatic rings. The van der Waals surface area contributed by atoms with E-state index in [1.54, 1.807) is 12.1 Å². The minimum atomic E-state index is -4.42. The lowest BCUT2D eigenvalue weighted by atomic mass is 10.0. The Balaban J connectivity index is 2.34. The van der Waals surface area contributed by atoms with Crippen LogP contribution in [0.3, 0.4) is 0 Å². The van der Waals surface area contributed by atoms with Gasteiger partial charge in [-0.1, -0.05) is 41.9 Å². The first-order valence-electron chi connectivity index (χ1n) is 7.69. The van der Waals surface area contributed by atoms with Crippen LogP contribution < -0.4 is 4.90 Å². The fourth-order valence-electron chi connectivity index (χ4n) is 2.78. The van der Waals surface area contributed by atoms with Gasteiger partial charge in [0.2, 0.25) is 0 Å². The average Bonchev–Trinajstić information content (AvgIpc) is 3.00. The number of anilines is 1. The quantitative estimate of drug-likeness (QED) is 0.488. The summed E-state index contributed by atoms with van der Waals surface area (Å²) in [5.41, 5.74) is 1.89. The van der Waals surface area contributed by atoms with E-state index >= 15 is 0 Å². The van der Waals surface area contributed by atoms with Crippen LogP contribution >= 0.6 is 11.6 Å². The number of halogens is 4. The summed E-state index contributed by atoms with van der Waals surface area (Å²) < 4.78 is 40.8. The molecule has 0 fully saturated rings. The van der Waals surface area contributed by atoms with Crippen LogP contribution in [0.5, 0.6) is 0 Å². The summed E-state index contributed by atoms with van der Waals surface area (Å²) in [6.45, 7) is 4.18. The summed E-state index contributed by atoms with van der Waals surface area (Å²) in [5.74, 6) is 0.294. The molecule has 1 aromatic carbocycles. The normalized spacial score (nSPS) is 11.7. The van der Waals surface area contributed by atoms with Crippen LogP contribution in [-0.4, -0.2) is 38.8 Å². The second-order valence-corrected chi connectivity index (χ2v) is 6.03. The van der Waals surface area contributed by atoms with Gasteiger partial charge in [0, 0.05) is 6.54 Å². The molecule has 0 aliphatic carbocycles. The Morgan fingerprint density at radius 1 is 1.31 bits per heavy atom. The lowest BCUT2D eigenvalue weighted by molar-refractivity contribution is -0.119. The van der Waals surface area contributed by atoms with Crippen LogP contribution in [0.1, 0.15) is 5.56 Å². The van der Waals surface area contributed by atoms with Crippen LogP contribution in [0.4, 0.5) is 19.0 Å². The predicted molar refractivity (Wildman–Crippen MR) is 94.4 cm³/mol. The van der Waals surface area contributed by atoms with Crippen molar-refractivity contribution in [3.05, 3.63) is 54.0 Å². The Bertz CT molecular complexity index is 951. The van der Waals surface area contributed by atoms with Crippen molar-refractivity contribution < 1.29 is 13.2 Å². The van der Waals surface area contributed by atoms with E-state index in [2.05, 4.69) is 21.6 Å². The molecule has 0 atom stereocenters. The Morgan fingerprint density at radius 2 is 2.04 bits per heavy atom. The number of aromatic nitrogens is 4. The standard InChI is InChI=1S/C17H15ClF3N5/c1-3-8-25(9-17(19,20)21)15-13(12-7-5-4-6-11(12)2)14(18)24-16-22-10-23-26(15)16/h3-7,10H,1,8-9H2,2H3. The Labute approximate surface area is 152 Å². The van der Waals surface area contributed by atoms with Crippen molar-refractivity contribution >= 4 is 23.2 Å². The molecule has 136 valence electrons. The van der Waals surface area contributed by atoms with Gasteiger partial charge in [-0.3, -0.25) is 0 Å². The maximum Gasteiger partial charge on any atom is 0.405 e. The monoisotopic (exact) mass is 381 g/mol. The van der Waals surface area contributed by atoms with Gasteiger partial charge in [-0.15, -0.1) is 6.58 Å². The number of hydrogen-bond donors (Lipinski definition) is 0. The van der Waals surface area contributed by atoms with Gasteiger partial charge >= 0.3 is 6.18 Å². The number of alkyl halides is 3. The predicted octanol–water partition coefficient (Wildman–Crippen LogP) is 4.31. The maximum absolute atomic E-state index is 13.2. The second-order valence-electron chi connectivity index (χ2n) is 5.67. The summed E-state index contributed by atoms with van der Waals surface area (Å²) in [6, 6.07) is 7.26. The lowest BCUT2D eigenvalue weighted by Crippen LogP contribution is -2.36. The van der Waals surface area contributed by atoms with Crippen molar-refractivity contribution in [1.29, 1.82) is 0 Å². The maximum atomic E-state index is 13.2. The third-order valence-electron chi connectivity index (χ3n) is 3.79. The SMILES string of the molecule is C=CCN(CC(F)(F)F)c1c(-c2ccccc2C)c(Cl)nc2ncnn12. The van der Waals surface area contributed by atoms with E-state index in [0.29, 0.717) is 11.1 Å². The molecule has 0 amide bonds. The van der Waals surface area contributed by atoms with Gasteiger partial charge in [-0.25, -0.2) is 0 Å². The fourth-order valence-corrected chi connectivity index (χ4v) is 3.04. The first-order valence-corrected chi connectivity index (χ1v) is 8.07. The highest BCUT2D eigenvalue weighted by Crippen LogP contribution is 2.38. The summed E-state index contributed by atoms with van der Waals surface area (Å²) in [6.07, 6.45) is -1.80. The largest absolute Gasteiger partial charge is 0.405 e. The van der Waals surface area contributed by atoms with Crippen molar-refractivity contribution in [2.24, 2.45) is 0 Å². The number of nitrogens with zero attached hydrogens (tertiary/aromatic N) is 5. The molecule has 0 unspecified atom stereocenters. The summed E-state index contributed by atoms with van der Waals surface area (Å²) in [7, 11) is 0. The van der Waals surface area contributed by atoms with Crippen LogP contribution in [0.25, 0.3) is 16.9 Å². The van der Waals surface area contributed by atoms with Crippen LogP contribution in [-0.2, 0) is 0 Å². The van der Waals surface area contributed by atoms with Gasteiger partial charge < -0.3 is 4.90 Å². The van der Waals surface area contributed by atoms with Gasteiger partial charge in [-0.2, -0.15) is 32.8 Å². The van der Waals surface area contributed by atoms with E-state index in [-0.39, 0.29) is 23.3 Å². The molecule has 0 bridgehead atoms. The average molecular weight is 382 g/mol. The van der Waals surface area contributed by atoms with E-state index in [9.17, 15) is 13.2 Å². The minimum absolute atomic E-state index is 0.0479. The summed E-state index contributed by atoms with van der Waals surface area (Å²) >= 11 is 6.36. The molecule has 5 nitrogen and oxygen atoms in total. The molecular weight excluding hydrogens is 367 g/mol. The van der Waals surface area contributed by atoms with Crippen molar-refractivity contribution in [2.45, 2.75) is 13.1 Å². The smallest absolute Gasteiger partial charge is 0.343 e. The molecule has 3 rings (SSSR count). The molecule has 0 saturated heterocycles. The number of aryl methyl sites for hydroxylation is 1.